The molecule has 1 amide bonds. The number of nitrogens with one attached hydrogen (secondary N) is 1. The molecule has 2 aromatic carbocycles. The van der Waals surface area contributed by atoms with E-state index in [1.807, 2.05) is 26.2 Å². The first-order valence-electron chi connectivity index (χ1n) is 7.52. The smallest absolute Gasteiger partial charge is 0.251 e. The molecular formula is C19H21N3O. The van der Waals surface area contributed by atoms with Crippen molar-refractivity contribution in [1.29, 1.82) is 5.26 Å². The maximum absolute atomic E-state index is 12.3. The van der Waals surface area contributed by atoms with Gasteiger partial charge in [0, 0.05) is 12.1 Å². The van der Waals surface area contributed by atoms with E-state index < -0.39 is 0 Å². The number of likely N-dealkylation sites (N-methyl/N-ethyl adjacent to an activating group) is 1. The average molecular weight is 307 g/mol. The molecule has 0 radical (unpaired) electrons. The first kappa shape index (κ1) is 16.7. The minimum atomic E-state index is -0.165. The van der Waals surface area contributed by atoms with Crippen LogP contribution in [0.25, 0.3) is 0 Å². The topological polar surface area (TPSA) is 56.1 Å². The zero-order valence-electron chi connectivity index (χ0n) is 13.7. The molecule has 0 fully saturated rings. The molecule has 0 heterocycles. The molecule has 0 aliphatic carbocycles. The molecule has 1 N–H and O–H groups in total. The van der Waals surface area contributed by atoms with E-state index in [0.29, 0.717) is 17.7 Å². The summed E-state index contributed by atoms with van der Waals surface area (Å²) < 4.78 is 0. The number of nitriles is 1. The van der Waals surface area contributed by atoms with Crippen LogP contribution in [0.4, 0.5) is 0 Å². The van der Waals surface area contributed by atoms with Crippen molar-refractivity contribution in [2.75, 3.05) is 20.6 Å². The zero-order chi connectivity index (χ0) is 16.8. The van der Waals surface area contributed by atoms with E-state index in [-0.39, 0.29) is 11.9 Å². The van der Waals surface area contributed by atoms with Crippen LogP contribution >= 0.6 is 0 Å². The standard InChI is InChI=1S/C19H21N3O/c1-14-6-4-8-16(10-14)18(22(2)3)13-21-19(23)17-9-5-7-15(11-17)12-20/h4-11,18H,13H2,1-3H3,(H,21,23)/t18-/m1/s1. The molecule has 2 rings (SSSR count). The van der Waals surface area contributed by atoms with Gasteiger partial charge < -0.3 is 10.2 Å². The molecule has 4 heteroatoms. The summed E-state index contributed by atoms with van der Waals surface area (Å²) in [5.74, 6) is -0.165. The van der Waals surface area contributed by atoms with Crippen LogP contribution in [0.3, 0.4) is 0 Å². The highest BCUT2D eigenvalue weighted by Gasteiger charge is 2.16. The molecule has 118 valence electrons. The number of amides is 1. The number of carbonyl (C=O) groups is 1. The summed E-state index contributed by atoms with van der Waals surface area (Å²) in [6.07, 6.45) is 0. The third-order valence-electron chi connectivity index (χ3n) is 3.76. The minimum absolute atomic E-state index is 0.0954. The highest BCUT2D eigenvalue weighted by atomic mass is 16.1. The van der Waals surface area contributed by atoms with E-state index in [1.165, 1.54) is 11.1 Å². The fourth-order valence-corrected chi connectivity index (χ4v) is 2.50. The maximum atomic E-state index is 12.3. The third kappa shape index (κ3) is 4.41. The number of aryl methyl sites for hydroxylation is 1. The van der Waals surface area contributed by atoms with E-state index in [9.17, 15) is 4.79 Å². The number of nitrogens with zero attached hydrogens (tertiary/aromatic N) is 2. The van der Waals surface area contributed by atoms with E-state index in [1.54, 1.807) is 24.3 Å². The van der Waals surface area contributed by atoms with Crippen LogP contribution in [-0.2, 0) is 0 Å². The van der Waals surface area contributed by atoms with Gasteiger partial charge in [0.2, 0.25) is 0 Å². The lowest BCUT2D eigenvalue weighted by Crippen LogP contribution is -2.34. The van der Waals surface area contributed by atoms with Gasteiger partial charge in [-0.15, -0.1) is 0 Å². The second kappa shape index (κ2) is 7.57. The predicted octanol–water partition coefficient (Wildman–Crippen LogP) is 2.90. The van der Waals surface area contributed by atoms with Gasteiger partial charge in [-0.3, -0.25) is 4.79 Å². The lowest BCUT2D eigenvalue weighted by Gasteiger charge is -2.25. The molecule has 0 aliphatic rings. The van der Waals surface area contributed by atoms with Crippen LogP contribution in [0.5, 0.6) is 0 Å². The molecule has 4 nitrogen and oxygen atoms in total. The van der Waals surface area contributed by atoms with Crippen LogP contribution in [0.1, 0.15) is 33.1 Å². The maximum Gasteiger partial charge on any atom is 0.251 e. The number of benzene rings is 2. The van der Waals surface area contributed by atoms with Crippen molar-refractivity contribution in [2.24, 2.45) is 0 Å². The Labute approximate surface area is 137 Å². The second-order valence-corrected chi connectivity index (χ2v) is 5.80. The van der Waals surface area contributed by atoms with Gasteiger partial charge >= 0.3 is 0 Å². The molecule has 0 aliphatic heterocycles. The fourth-order valence-electron chi connectivity index (χ4n) is 2.50. The summed E-state index contributed by atoms with van der Waals surface area (Å²) in [5.41, 5.74) is 3.36. The van der Waals surface area contributed by atoms with Crippen LogP contribution in [0.15, 0.2) is 48.5 Å². The molecule has 0 unspecified atom stereocenters. The third-order valence-corrected chi connectivity index (χ3v) is 3.76. The van der Waals surface area contributed by atoms with Gasteiger partial charge in [-0.25, -0.2) is 0 Å². The van der Waals surface area contributed by atoms with Crippen molar-refractivity contribution in [3.8, 4) is 6.07 Å². The zero-order valence-corrected chi connectivity index (χ0v) is 13.7. The Balaban J connectivity index is 2.10. The molecule has 0 bridgehead atoms. The summed E-state index contributed by atoms with van der Waals surface area (Å²) in [7, 11) is 3.99. The Bertz CT molecular complexity index is 731. The van der Waals surface area contributed by atoms with Gasteiger partial charge in [-0.2, -0.15) is 5.26 Å². The molecule has 0 spiro atoms. The molecule has 1 atom stereocenters. The molecule has 0 aromatic heterocycles. The van der Waals surface area contributed by atoms with Crippen molar-refractivity contribution in [3.63, 3.8) is 0 Å². The highest BCUT2D eigenvalue weighted by Crippen LogP contribution is 2.18. The van der Waals surface area contributed by atoms with Crippen LogP contribution in [-0.4, -0.2) is 31.4 Å². The van der Waals surface area contributed by atoms with Gasteiger partial charge in [0.15, 0.2) is 0 Å². The van der Waals surface area contributed by atoms with Crippen molar-refractivity contribution >= 4 is 5.91 Å². The van der Waals surface area contributed by atoms with Gasteiger partial charge in [0.25, 0.3) is 5.91 Å². The number of hydrogen-bond acceptors (Lipinski definition) is 3. The summed E-state index contributed by atoms with van der Waals surface area (Å²) in [4.78, 5) is 14.4. The van der Waals surface area contributed by atoms with Crippen molar-refractivity contribution in [1.82, 2.24) is 10.2 Å². The normalized spacial score (nSPS) is 11.8. The molecule has 0 saturated heterocycles. The largest absolute Gasteiger partial charge is 0.350 e. The van der Waals surface area contributed by atoms with Crippen molar-refractivity contribution < 1.29 is 4.79 Å². The molecule has 23 heavy (non-hydrogen) atoms. The second-order valence-electron chi connectivity index (χ2n) is 5.80. The van der Waals surface area contributed by atoms with Gasteiger partial charge in [0.05, 0.1) is 17.7 Å². The lowest BCUT2D eigenvalue weighted by molar-refractivity contribution is 0.0942. The first-order valence-corrected chi connectivity index (χ1v) is 7.52. The summed E-state index contributed by atoms with van der Waals surface area (Å²) in [6, 6.07) is 17.2. The fraction of sp³-hybridized carbons (Fsp3) is 0.263. The Kier molecular flexibility index (Phi) is 5.51. The Morgan fingerprint density at radius 1 is 1.22 bits per heavy atom. The van der Waals surface area contributed by atoms with Crippen LogP contribution < -0.4 is 5.32 Å². The van der Waals surface area contributed by atoms with Crippen molar-refractivity contribution in [2.45, 2.75) is 13.0 Å². The monoisotopic (exact) mass is 307 g/mol. The molecule has 0 saturated carbocycles. The number of carbonyl (C=O) groups excluding carboxylic acids is 1. The Morgan fingerprint density at radius 2 is 1.96 bits per heavy atom. The minimum Gasteiger partial charge on any atom is -0.350 e. The lowest BCUT2D eigenvalue weighted by atomic mass is 10.0. The summed E-state index contributed by atoms with van der Waals surface area (Å²) in [5, 5.41) is 11.9. The van der Waals surface area contributed by atoms with E-state index >= 15 is 0 Å². The van der Waals surface area contributed by atoms with Gasteiger partial charge in [0.1, 0.15) is 0 Å². The van der Waals surface area contributed by atoms with Gasteiger partial charge in [-0.1, -0.05) is 35.9 Å². The Morgan fingerprint density at radius 3 is 2.61 bits per heavy atom. The van der Waals surface area contributed by atoms with Gasteiger partial charge in [-0.05, 0) is 44.8 Å². The molecule has 2 aromatic rings. The average Bonchev–Trinajstić information content (AvgIpc) is 2.54. The van der Waals surface area contributed by atoms with E-state index in [0.717, 1.165) is 0 Å². The Hall–Kier alpha value is -2.64. The predicted molar refractivity (Wildman–Crippen MR) is 91.1 cm³/mol. The van der Waals surface area contributed by atoms with E-state index in [4.69, 9.17) is 5.26 Å². The highest BCUT2D eigenvalue weighted by molar-refractivity contribution is 5.94. The quantitative estimate of drug-likeness (QED) is 0.924. The SMILES string of the molecule is Cc1cccc([C@@H](CNC(=O)c2cccc(C#N)c2)N(C)C)c1. The number of rotatable bonds is 5. The summed E-state index contributed by atoms with van der Waals surface area (Å²) in [6.45, 7) is 2.56. The molecular weight excluding hydrogens is 286 g/mol. The van der Waals surface area contributed by atoms with Crippen LogP contribution in [0, 0.1) is 18.3 Å². The summed E-state index contributed by atoms with van der Waals surface area (Å²) >= 11 is 0. The number of hydrogen-bond donors (Lipinski definition) is 1. The first-order chi connectivity index (χ1) is 11.0. The van der Waals surface area contributed by atoms with Crippen molar-refractivity contribution in [3.05, 3.63) is 70.8 Å². The van der Waals surface area contributed by atoms with E-state index in [2.05, 4.69) is 35.3 Å². The van der Waals surface area contributed by atoms with Crippen LogP contribution in [0.2, 0.25) is 0 Å².